The van der Waals surface area contributed by atoms with Crippen molar-refractivity contribution in [2.24, 2.45) is 13.0 Å². The third-order valence-corrected chi connectivity index (χ3v) is 4.89. The number of amides is 1. The van der Waals surface area contributed by atoms with E-state index in [1.165, 1.54) is 0 Å². The van der Waals surface area contributed by atoms with Crippen LogP contribution < -0.4 is 16.2 Å². The molecule has 0 radical (unpaired) electrons. The van der Waals surface area contributed by atoms with E-state index in [1.807, 2.05) is 17.7 Å². The molecule has 10 heteroatoms. The van der Waals surface area contributed by atoms with Gasteiger partial charge >= 0.3 is 0 Å². The molecule has 1 atom stereocenters. The van der Waals surface area contributed by atoms with Gasteiger partial charge in [0.25, 0.3) is 11.5 Å². The van der Waals surface area contributed by atoms with Crippen LogP contribution in [0.25, 0.3) is 0 Å². The zero-order chi connectivity index (χ0) is 18.5. The van der Waals surface area contributed by atoms with Crippen LogP contribution in [0.4, 0.5) is 0 Å². The molecule has 0 spiro atoms. The van der Waals surface area contributed by atoms with Crippen molar-refractivity contribution < 1.29 is 4.79 Å². The van der Waals surface area contributed by atoms with Gasteiger partial charge in [-0.25, -0.2) is 0 Å². The quantitative estimate of drug-likeness (QED) is 0.715. The fourth-order valence-corrected chi connectivity index (χ4v) is 3.35. The molecule has 0 saturated carbocycles. The van der Waals surface area contributed by atoms with E-state index < -0.39 is 0 Å². The lowest BCUT2D eigenvalue weighted by Crippen LogP contribution is -2.38. The molecule has 3 rings (SSSR count). The van der Waals surface area contributed by atoms with Gasteiger partial charge in [0.15, 0.2) is 0 Å². The molecular weight excluding hydrogens is 403 g/mol. The molecule has 156 valence electrons. The minimum absolute atomic E-state index is 0. The van der Waals surface area contributed by atoms with E-state index in [9.17, 15) is 9.59 Å². The highest BCUT2D eigenvalue weighted by Gasteiger charge is 2.19. The largest absolute Gasteiger partial charge is 0.351 e. The molecule has 1 saturated heterocycles. The van der Waals surface area contributed by atoms with E-state index in [2.05, 4.69) is 20.8 Å². The van der Waals surface area contributed by atoms with Crippen molar-refractivity contribution in [2.75, 3.05) is 19.6 Å². The topological polar surface area (TPSA) is 93.8 Å². The minimum Gasteiger partial charge on any atom is -0.351 e. The van der Waals surface area contributed by atoms with Crippen LogP contribution in [0.15, 0.2) is 23.4 Å². The van der Waals surface area contributed by atoms with Crippen LogP contribution in [0.2, 0.25) is 0 Å². The highest BCUT2D eigenvalue weighted by molar-refractivity contribution is 5.95. The van der Waals surface area contributed by atoms with E-state index in [0.717, 1.165) is 31.8 Å². The van der Waals surface area contributed by atoms with Crippen LogP contribution in [0, 0.1) is 12.8 Å². The summed E-state index contributed by atoms with van der Waals surface area (Å²) >= 11 is 0. The van der Waals surface area contributed by atoms with Gasteiger partial charge in [-0.3, -0.25) is 9.59 Å². The molecule has 0 bridgehead atoms. The summed E-state index contributed by atoms with van der Waals surface area (Å²) in [6.45, 7) is 4.81. The third kappa shape index (κ3) is 5.80. The van der Waals surface area contributed by atoms with Crippen molar-refractivity contribution in [3.8, 4) is 0 Å². The zero-order valence-corrected chi connectivity index (χ0v) is 17.8. The SMILES string of the molecule is Cc1ccn(CC2CCCNC2)c(=O)c1C(=O)NCCc1nncn1C.Cl.Cl. The first-order valence-electron chi connectivity index (χ1n) is 9.08. The maximum absolute atomic E-state index is 12.8. The van der Waals surface area contributed by atoms with Crippen LogP contribution >= 0.6 is 24.8 Å². The first-order valence-corrected chi connectivity index (χ1v) is 9.08. The number of aromatic nitrogens is 4. The smallest absolute Gasteiger partial charge is 0.263 e. The molecule has 3 heterocycles. The second-order valence-corrected chi connectivity index (χ2v) is 6.91. The lowest BCUT2D eigenvalue weighted by molar-refractivity contribution is 0.0951. The number of aryl methyl sites for hydroxylation is 2. The lowest BCUT2D eigenvalue weighted by atomic mass is 9.99. The number of carbonyl (C=O) groups excluding carboxylic acids is 1. The van der Waals surface area contributed by atoms with Crippen molar-refractivity contribution in [1.29, 1.82) is 0 Å². The van der Waals surface area contributed by atoms with Crippen LogP contribution in [0.3, 0.4) is 0 Å². The Morgan fingerprint density at radius 2 is 2.18 bits per heavy atom. The van der Waals surface area contributed by atoms with Gasteiger partial charge in [0, 0.05) is 32.8 Å². The number of hydrogen-bond acceptors (Lipinski definition) is 5. The van der Waals surface area contributed by atoms with Crippen LogP contribution in [-0.2, 0) is 20.0 Å². The van der Waals surface area contributed by atoms with Gasteiger partial charge in [0.1, 0.15) is 17.7 Å². The van der Waals surface area contributed by atoms with Crippen LogP contribution in [-0.4, -0.2) is 44.9 Å². The Balaban J connectivity index is 0.00000196. The standard InChI is InChI=1S/C18H26N6O2.2ClH/c1-13-6-9-24(11-14-4-3-7-19-10-14)18(26)16(13)17(25)20-8-5-15-22-21-12-23(15)2;;/h6,9,12,14,19H,3-5,7-8,10-11H2,1-2H3,(H,20,25);2*1H. The number of nitrogens with one attached hydrogen (secondary N) is 2. The summed E-state index contributed by atoms with van der Waals surface area (Å²) in [6.07, 6.45) is 6.21. The summed E-state index contributed by atoms with van der Waals surface area (Å²) in [5.74, 6) is 0.888. The number of pyridine rings is 1. The lowest BCUT2D eigenvalue weighted by Gasteiger charge is -2.23. The molecule has 1 amide bonds. The highest BCUT2D eigenvalue weighted by atomic mass is 35.5. The summed E-state index contributed by atoms with van der Waals surface area (Å²) in [4.78, 5) is 25.4. The number of carbonyl (C=O) groups is 1. The molecule has 1 aliphatic heterocycles. The molecule has 2 aromatic rings. The van der Waals surface area contributed by atoms with Gasteiger partial charge in [-0.05, 0) is 50.4 Å². The number of nitrogens with zero attached hydrogens (tertiary/aromatic N) is 4. The van der Waals surface area contributed by atoms with E-state index in [1.54, 1.807) is 24.0 Å². The second-order valence-electron chi connectivity index (χ2n) is 6.91. The third-order valence-electron chi connectivity index (χ3n) is 4.89. The Kier molecular flexibility index (Phi) is 9.64. The predicted octanol–water partition coefficient (Wildman–Crippen LogP) is 1.10. The van der Waals surface area contributed by atoms with Gasteiger partial charge in [-0.1, -0.05) is 0 Å². The maximum Gasteiger partial charge on any atom is 0.263 e. The summed E-state index contributed by atoms with van der Waals surface area (Å²) in [7, 11) is 1.86. The Morgan fingerprint density at radius 3 is 2.82 bits per heavy atom. The number of halogens is 2. The molecule has 28 heavy (non-hydrogen) atoms. The molecule has 2 aromatic heterocycles. The van der Waals surface area contributed by atoms with Crippen molar-refractivity contribution in [1.82, 2.24) is 30.0 Å². The molecule has 1 aliphatic rings. The predicted molar refractivity (Wildman–Crippen MR) is 113 cm³/mol. The Bertz CT molecular complexity index is 830. The second kappa shape index (κ2) is 11.2. The normalized spacial score (nSPS) is 16.0. The average molecular weight is 431 g/mol. The molecular formula is C18H28Cl2N6O2. The van der Waals surface area contributed by atoms with Gasteiger partial charge in [0.05, 0.1) is 0 Å². The van der Waals surface area contributed by atoms with Crippen molar-refractivity contribution in [3.63, 3.8) is 0 Å². The fraction of sp³-hybridized carbons (Fsp3) is 0.556. The number of rotatable bonds is 6. The van der Waals surface area contributed by atoms with Crippen LogP contribution in [0.5, 0.6) is 0 Å². The van der Waals surface area contributed by atoms with Gasteiger partial charge in [0.2, 0.25) is 0 Å². The minimum atomic E-state index is -0.328. The molecule has 0 aromatic carbocycles. The van der Waals surface area contributed by atoms with Crippen molar-refractivity contribution >= 4 is 30.7 Å². The monoisotopic (exact) mass is 430 g/mol. The van der Waals surface area contributed by atoms with E-state index >= 15 is 0 Å². The fourth-order valence-electron chi connectivity index (χ4n) is 3.35. The first kappa shape index (κ1) is 24.1. The molecule has 0 aliphatic carbocycles. The summed E-state index contributed by atoms with van der Waals surface area (Å²) in [5.41, 5.74) is 0.713. The van der Waals surface area contributed by atoms with Gasteiger partial charge in [-0.15, -0.1) is 35.0 Å². The average Bonchev–Trinajstić information content (AvgIpc) is 3.04. The Labute approximate surface area is 176 Å². The Morgan fingerprint density at radius 1 is 1.39 bits per heavy atom. The maximum atomic E-state index is 12.8. The Hall–Kier alpha value is -1.90. The van der Waals surface area contributed by atoms with Crippen molar-refractivity contribution in [2.45, 2.75) is 32.7 Å². The summed E-state index contributed by atoms with van der Waals surface area (Å²) < 4.78 is 3.48. The number of piperidine rings is 1. The first-order chi connectivity index (χ1) is 12.6. The van der Waals surface area contributed by atoms with E-state index in [4.69, 9.17) is 0 Å². The molecule has 2 N–H and O–H groups in total. The summed E-state index contributed by atoms with van der Waals surface area (Å²) in [6, 6.07) is 1.84. The molecule has 8 nitrogen and oxygen atoms in total. The summed E-state index contributed by atoms with van der Waals surface area (Å²) in [5, 5.41) is 14.0. The molecule has 1 fully saturated rings. The zero-order valence-electron chi connectivity index (χ0n) is 16.2. The van der Waals surface area contributed by atoms with Gasteiger partial charge in [-0.2, -0.15) is 0 Å². The van der Waals surface area contributed by atoms with Crippen LogP contribution in [0.1, 0.15) is 34.6 Å². The number of hydrogen-bond donors (Lipinski definition) is 2. The van der Waals surface area contributed by atoms with E-state index in [-0.39, 0.29) is 41.8 Å². The van der Waals surface area contributed by atoms with Crippen molar-refractivity contribution in [3.05, 3.63) is 45.9 Å². The molecule has 1 unspecified atom stereocenters. The van der Waals surface area contributed by atoms with E-state index in [0.29, 0.717) is 31.0 Å². The van der Waals surface area contributed by atoms with Gasteiger partial charge < -0.3 is 19.8 Å². The highest BCUT2D eigenvalue weighted by Crippen LogP contribution is 2.12.